The highest BCUT2D eigenvalue weighted by Gasteiger charge is 2.17. The summed E-state index contributed by atoms with van der Waals surface area (Å²) < 4.78 is 0. The van der Waals surface area contributed by atoms with Gasteiger partial charge in [-0.05, 0) is 6.07 Å². The van der Waals surface area contributed by atoms with Gasteiger partial charge in [0.25, 0.3) is 0 Å². The minimum Gasteiger partial charge on any atom is -0.395 e. The highest BCUT2D eigenvalue weighted by atomic mass is 16.3. The Hall–Kier alpha value is -1.24. The van der Waals surface area contributed by atoms with Gasteiger partial charge in [0.05, 0.1) is 13.2 Å². The minimum absolute atomic E-state index is 0.234. The molecule has 0 amide bonds. The number of hydrogen-bond donors (Lipinski definition) is 2. The van der Waals surface area contributed by atoms with Crippen molar-refractivity contribution in [3.63, 3.8) is 0 Å². The van der Waals surface area contributed by atoms with E-state index >= 15 is 0 Å². The standard InChI is InChI=1S/C11H19N5O/c12-10-1-2-13-11(14-10)9-16-5-3-15(4-6-16)7-8-17/h1-2,17H,3-9H2,(H2,12,13,14). The van der Waals surface area contributed by atoms with Crippen LogP contribution < -0.4 is 5.73 Å². The van der Waals surface area contributed by atoms with Gasteiger partial charge in [-0.1, -0.05) is 0 Å². The van der Waals surface area contributed by atoms with Gasteiger partial charge in [-0.15, -0.1) is 0 Å². The largest absolute Gasteiger partial charge is 0.395 e. The zero-order valence-electron chi connectivity index (χ0n) is 9.92. The Balaban J connectivity index is 1.82. The smallest absolute Gasteiger partial charge is 0.144 e. The summed E-state index contributed by atoms with van der Waals surface area (Å²) >= 11 is 0. The first kappa shape index (κ1) is 12.2. The zero-order valence-corrected chi connectivity index (χ0v) is 9.92. The lowest BCUT2D eigenvalue weighted by Gasteiger charge is -2.33. The summed E-state index contributed by atoms with van der Waals surface area (Å²) in [6.45, 7) is 5.70. The molecule has 3 N–H and O–H groups in total. The number of rotatable bonds is 4. The first-order valence-electron chi connectivity index (χ1n) is 5.91. The maximum Gasteiger partial charge on any atom is 0.144 e. The lowest BCUT2D eigenvalue weighted by Crippen LogP contribution is -2.46. The molecular weight excluding hydrogens is 218 g/mol. The number of aliphatic hydroxyl groups is 1. The monoisotopic (exact) mass is 237 g/mol. The van der Waals surface area contributed by atoms with Crippen LogP contribution in [-0.4, -0.2) is 64.2 Å². The predicted molar refractivity (Wildman–Crippen MR) is 65.2 cm³/mol. The molecule has 0 unspecified atom stereocenters. The van der Waals surface area contributed by atoms with Gasteiger partial charge >= 0.3 is 0 Å². The maximum atomic E-state index is 8.86. The van der Waals surface area contributed by atoms with E-state index in [0.29, 0.717) is 5.82 Å². The van der Waals surface area contributed by atoms with Gasteiger partial charge in [0.2, 0.25) is 0 Å². The number of β-amino-alcohol motifs (C(OH)–C–C–N with tert-alkyl or cyclic N) is 1. The molecule has 94 valence electrons. The van der Waals surface area contributed by atoms with E-state index in [4.69, 9.17) is 10.8 Å². The fourth-order valence-electron chi connectivity index (χ4n) is 2.00. The Morgan fingerprint density at radius 2 is 1.94 bits per heavy atom. The SMILES string of the molecule is Nc1ccnc(CN2CCN(CCO)CC2)n1. The molecular formula is C11H19N5O. The highest BCUT2D eigenvalue weighted by Crippen LogP contribution is 2.06. The first-order chi connectivity index (χ1) is 8.28. The minimum atomic E-state index is 0.234. The van der Waals surface area contributed by atoms with E-state index in [0.717, 1.165) is 45.1 Å². The first-order valence-corrected chi connectivity index (χ1v) is 5.91. The molecule has 1 aliphatic heterocycles. The van der Waals surface area contributed by atoms with Crippen molar-refractivity contribution in [3.05, 3.63) is 18.1 Å². The van der Waals surface area contributed by atoms with E-state index in [1.165, 1.54) is 0 Å². The number of piperazine rings is 1. The normalized spacial score (nSPS) is 18.4. The van der Waals surface area contributed by atoms with Crippen molar-refractivity contribution >= 4 is 5.82 Å². The zero-order chi connectivity index (χ0) is 12.1. The van der Waals surface area contributed by atoms with E-state index < -0.39 is 0 Å². The Bertz CT molecular complexity index is 351. The van der Waals surface area contributed by atoms with E-state index in [2.05, 4.69) is 19.8 Å². The topological polar surface area (TPSA) is 78.5 Å². The third-order valence-corrected chi connectivity index (χ3v) is 2.97. The maximum absolute atomic E-state index is 8.86. The summed E-state index contributed by atoms with van der Waals surface area (Å²) in [6, 6.07) is 1.70. The summed E-state index contributed by atoms with van der Waals surface area (Å²) in [5.41, 5.74) is 5.62. The molecule has 1 aromatic rings. The van der Waals surface area contributed by atoms with Crippen LogP contribution in [0.4, 0.5) is 5.82 Å². The molecule has 0 atom stereocenters. The molecule has 0 aliphatic carbocycles. The van der Waals surface area contributed by atoms with Crippen molar-refractivity contribution in [1.29, 1.82) is 0 Å². The third-order valence-electron chi connectivity index (χ3n) is 2.97. The molecule has 0 aromatic carbocycles. The van der Waals surface area contributed by atoms with Gasteiger partial charge < -0.3 is 10.8 Å². The third kappa shape index (κ3) is 3.62. The molecule has 6 nitrogen and oxygen atoms in total. The summed E-state index contributed by atoms with van der Waals surface area (Å²) in [7, 11) is 0. The molecule has 0 saturated carbocycles. The van der Waals surface area contributed by atoms with E-state index in [9.17, 15) is 0 Å². The van der Waals surface area contributed by atoms with Crippen molar-refractivity contribution < 1.29 is 5.11 Å². The molecule has 1 saturated heterocycles. The van der Waals surface area contributed by atoms with Crippen molar-refractivity contribution in [1.82, 2.24) is 19.8 Å². The molecule has 1 fully saturated rings. The lowest BCUT2D eigenvalue weighted by atomic mass is 10.3. The molecule has 2 rings (SSSR count). The summed E-state index contributed by atoms with van der Waals surface area (Å²) in [4.78, 5) is 13.0. The van der Waals surface area contributed by atoms with Crippen LogP contribution in [0.2, 0.25) is 0 Å². The Kier molecular flexibility index (Phi) is 4.24. The second kappa shape index (κ2) is 5.90. The van der Waals surface area contributed by atoms with Gasteiger partial charge in [0.15, 0.2) is 0 Å². The van der Waals surface area contributed by atoms with Gasteiger partial charge in [0, 0.05) is 38.9 Å². The molecule has 2 heterocycles. The van der Waals surface area contributed by atoms with E-state index in [-0.39, 0.29) is 6.61 Å². The number of nitrogens with two attached hydrogens (primary N) is 1. The summed E-state index contributed by atoms with van der Waals surface area (Å²) in [5, 5.41) is 8.86. The van der Waals surface area contributed by atoms with Crippen LogP contribution in [0, 0.1) is 0 Å². The van der Waals surface area contributed by atoms with Crippen LogP contribution in [0.5, 0.6) is 0 Å². The van der Waals surface area contributed by atoms with Gasteiger partial charge in [-0.3, -0.25) is 9.80 Å². The van der Waals surface area contributed by atoms with Gasteiger partial charge in [-0.2, -0.15) is 0 Å². The number of anilines is 1. The number of nitrogens with zero attached hydrogens (tertiary/aromatic N) is 4. The van der Waals surface area contributed by atoms with Crippen LogP contribution >= 0.6 is 0 Å². The number of aliphatic hydroxyl groups excluding tert-OH is 1. The van der Waals surface area contributed by atoms with Crippen molar-refractivity contribution in [2.75, 3.05) is 45.1 Å². The second-order valence-corrected chi connectivity index (χ2v) is 4.24. The van der Waals surface area contributed by atoms with Crippen LogP contribution in [0.3, 0.4) is 0 Å². The predicted octanol–water partition coefficient (Wildman–Crippen LogP) is -0.831. The molecule has 1 aromatic heterocycles. The fourth-order valence-corrected chi connectivity index (χ4v) is 2.00. The second-order valence-electron chi connectivity index (χ2n) is 4.24. The van der Waals surface area contributed by atoms with Crippen molar-refractivity contribution in [2.24, 2.45) is 0 Å². The van der Waals surface area contributed by atoms with Crippen LogP contribution in [0.15, 0.2) is 12.3 Å². The molecule has 0 spiro atoms. The number of hydrogen-bond acceptors (Lipinski definition) is 6. The Morgan fingerprint density at radius 3 is 2.59 bits per heavy atom. The van der Waals surface area contributed by atoms with Crippen LogP contribution in [-0.2, 0) is 6.54 Å². The molecule has 0 bridgehead atoms. The highest BCUT2D eigenvalue weighted by molar-refractivity contribution is 5.24. The molecule has 6 heteroatoms. The van der Waals surface area contributed by atoms with Crippen molar-refractivity contribution in [2.45, 2.75) is 6.54 Å². The van der Waals surface area contributed by atoms with Crippen molar-refractivity contribution in [3.8, 4) is 0 Å². The molecule has 0 radical (unpaired) electrons. The summed E-state index contributed by atoms with van der Waals surface area (Å²) in [6.07, 6.45) is 1.69. The van der Waals surface area contributed by atoms with E-state index in [1.807, 2.05) is 0 Å². The van der Waals surface area contributed by atoms with Gasteiger partial charge in [-0.25, -0.2) is 9.97 Å². The Morgan fingerprint density at radius 1 is 1.24 bits per heavy atom. The van der Waals surface area contributed by atoms with Crippen LogP contribution in [0.25, 0.3) is 0 Å². The molecule has 1 aliphatic rings. The number of aromatic nitrogens is 2. The Labute approximate surface area is 101 Å². The number of nitrogen functional groups attached to an aromatic ring is 1. The van der Waals surface area contributed by atoms with E-state index in [1.54, 1.807) is 12.3 Å². The fraction of sp³-hybridized carbons (Fsp3) is 0.636. The van der Waals surface area contributed by atoms with Crippen LogP contribution in [0.1, 0.15) is 5.82 Å². The lowest BCUT2D eigenvalue weighted by molar-refractivity contribution is 0.107. The average Bonchev–Trinajstić information content (AvgIpc) is 2.32. The van der Waals surface area contributed by atoms with Gasteiger partial charge in [0.1, 0.15) is 11.6 Å². The average molecular weight is 237 g/mol. The summed E-state index contributed by atoms with van der Waals surface area (Å²) in [5.74, 6) is 1.30. The quantitative estimate of drug-likeness (QED) is 0.711. The molecule has 17 heavy (non-hydrogen) atoms.